The van der Waals surface area contributed by atoms with Gasteiger partial charge in [-0.25, -0.2) is 9.59 Å². The minimum atomic E-state index is -1.85. The van der Waals surface area contributed by atoms with Gasteiger partial charge in [0.15, 0.2) is 5.72 Å². The smallest absolute Gasteiger partial charge is 0.409 e. The summed E-state index contributed by atoms with van der Waals surface area (Å²) in [6.07, 6.45) is 2.16. The molecule has 1 aromatic rings. The number of aliphatic hydroxyl groups is 1. The first-order chi connectivity index (χ1) is 29.4. The molecule has 0 radical (unpaired) electrons. The van der Waals surface area contributed by atoms with E-state index in [0.717, 1.165) is 17.6 Å². The van der Waals surface area contributed by atoms with E-state index in [1.807, 2.05) is 19.9 Å². The van der Waals surface area contributed by atoms with E-state index in [-0.39, 0.29) is 36.1 Å². The number of esters is 1. The van der Waals surface area contributed by atoms with E-state index in [9.17, 15) is 29.1 Å². The minimum Gasteiger partial charge on any atom is -0.495 e. The predicted molar refractivity (Wildman–Crippen MR) is 239 cm³/mol. The molecule has 3 aliphatic heterocycles. The topological polar surface area (TPSA) is 195 Å². The molecule has 4 rings (SSSR count). The fourth-order valence-corrected chi connectivity index (χ4v) is 9.66. The lowest BCUT2D eigenvalue weighted by atomic mass is 9.83. The van der Waals surface area contributed by atoms with Crippen molar-refractivity contribution in [3.63, 3.8) is 0 Å². The molecule has 0 saturated carbocycles. The second kappa shape index (κ2) is 23.4. The van der Waals surface area contributed by atoms with E-state index in [0.29, 0.717) is 55.5 Å². The van der Waals surface area contributed by atoms with Gasteiger partial charge in [-0.2, -0.15) is 0 Å². The Bertz CT molecular complexity index is 1820. The third-order valence-electron chi connectivity index (χ3n) is 11.3. The molecular weight excluding hydrogens is 864 g/mol. The number of rotatable bonds is 17. The standard InChI is InChI=1S/C43H63ClN4O12S2/c1-10-17-57-18-16-45-35(49)14-19-61-62-20-15-36(50)47(6)28(4)40(52)59-34-24-37(51)48(7)30-22-29(23-31(55-8)38(30)44)21-26(2)12-11-13-33(56-9)43(54)25-32(58-41(53)46-43)27(3)39-42(34,5)60-39/h11-13,22-23,27-28,32-34,39,54H,10,14-21,24-25H2,1-9H3,(H,45,49)(H,46,53)/b13-11+,26-12+/t27?,28-,32-,33+,34-,39-,42-,43-/m0/s1. The Morgan fingerprint density at radius 2 is 1.87 bits per heavy atom. The van der Waals surface area contributed by atoms with Crippen molar-refractivity contribution in [2.45, 2.75) is 115 Å². The Kier molecular flexibility index (Phi) is 19.3. The first-order valence-electron chi connectivity index (χ1n) is 20.8. The van der Waals surface area contributed by atoms with Gasteiger partial charge in [0.05, 0.1) is 31.9 Å². The van der Waals surface area contributed by atoms with Gasteiger partial charge < -0.3 is 48.6 Å². The number of fused-ring (bicyclic) bond motifs is 5. The van der Waals surface area contributed by atoms with Crippen LogP contribution in [-0.4, -0.2) is 141 Å². The van der Waals surface area contributed by atoms with E-state index in [2.05, 4.69) is 10.6 Å². The zero-order chi connectivity index (χ0) is 45.8. The molecule has 19 heteroatoms. The summed E-state index contributed by atoms with van der Waals surface area (Å²) in [7, 11) is 8.95. The number of ether oxygens (including phenoxy) is 6. The monoisotopic (exact) mass is 926 g/mol. The SMILES string of the molecule is CCCOCCNC(=O)CCSSCCC(=O)N(C)[C@@H](C)C(=O)O[C@H]1CC(=O)N(C)c2cc(cc(OC)c2Cl)C/C(C)=C/C=C/[C@@H](OC)[C@@]2(O)C[C@H](OC(=O)N2)C(C)[C@@H]2O[C@@]12C. The summed E-state index contributed by atoms with van der Waals surface area (Å²) in [5.41, 5.74) is -1.00. The first kappa shape index (κ1) is 51.1. The van der Waals surface area contributed by atoms with Crippen LogP contribution in [-0.2, 0) is 49.3 Å². The van der Waals surface area contributed by atoms with Gasteiger partial charge in [-0.3, -0.25) is 19.7 Å². The highest BCUT2D eigenvalue weighted by molar-refractivity contribution is 8.76. The van der Waals surface area contributed by atoms with Gasteiger partial charge >= 0.3 is 12.1 Å². The molecule has 3 aliphatic rings. The molecule has 0 spiro atoms. The summed E-state index contributed by atoms with van der Waals surface area (Å²) < 4.78 is 34.7. The summed E-state index contributed by atoms with van der Waals surface area (Å²) in [6, 6.07) is 2.55. The molecular formula is C43H63ClN4O12S2. The average molecular weight is 928 g/mol. The molecule has 346 valence electrons. The molecule has 3 heterocycles. The molecule has 0 aliphatic carbocycles. The van der Waals surface area contributed by atoms with E-state index < -0.39 is 65.7 Å². The van der Waals surface area contributed by atoms with Crippen molar-refractivity contribution in [3.8, 4) is 5.75 Å². The molecule has 62 heavy (non-hydrogen) atoms. The number of likely N-dealkylation sites (N-methyl/N-ethyl adjacent to an activating group) is 1. The lowest BCUT2D eigenvalue weighted by molar-refractivity contribution is -0.162. The molecule has 3 N–H and O–H groups in total. The van der Waals surface area contributed by atoms with Crippen molar-refractivity contribution in [2.24, 2.45) is 5.92 Å². The number of halogens is 1. The van der Waals surface area contributed by atoms with Crippen LogP contribution < -0.4 is 20.3 Å². The molecule has 4 bridgehead atoms. The number of hydrogen-bond acceptors (Lipinski definition) is 14. The number of alkyl carbamates (subject to hydrolysis) is 1. The number of allylic oxidation sites excluding steroid dienone is 3. The Balaban J connectivity index is 1.52. The fraction of sp³-hybridized carbons (Fsp3) is 0.651. The van der Waals surface area contributed by atoms with E-state index in [1.54, 1.807) is 52.1 Å². The maximum absolute atomic E-state index is 14.2. The molecule has 2 saturated heterocycles. The zero-order valence-electron chi connectivity index (χ0n) is 37.2. The molecule has 16 nitrogen and oxygen atoms in total. The van der Waals surface area contributed by atoms with Gasteiger partial charge in [-0.1, -0.05) is 70.8 Å². The van der Waals surface area contributed by atoms with Crippen LogP contribution in [0.15, 0.2) is 35.9 Å². The summed E-state index contributed by atoms with van der Waals surface area (Å²) in [5.74, 6) is -0.717. The van der Waals surface area contributed by atoms with Gasteiger partial charge in [-0.15, -0.1) is 0 Å². The second-order valence-corrected chi connectivity index (χ2v) is 19.1. The van der Waals surface area contributed by atoms with Crippen LogP contribution in [0.4, 0.5) is 10.5 Å². The van der Waals surface area contributed by atoms with E-state index in [1.165, 1.54) is 52.7 Å². The Morgan fingerprint density at radius 3 is 2.55 bits per heavy atom. The largest absolute Gasteiger partial charge is 0.495 e. The number of epoxide rings is 1. The summed E-state index contributed by atoms with van der Waals surface area (Å²) >= 11 is 6.79. The van der Waals surface area contributed by atoms with Gasteiger partial charge in [-0.05, 0) is 51.3 Å². The molecule has 4 amide bonds. The average Bonchev–Trinajstić information content (AvgIpc) is 3.93. The molecule has 1 aromatic carbocycles. The zero-order valence-corrected chi connectivity index (χ0v) is 39.5. The number of methoxy groups -OCH3 is 2. The lowest BCUT2D eigenvalue weighted by Crippen LogP contribution is -2.63. The molecule has 1 unspecified atom stereocenters. The lowest BCUT2D eigenvalue weighted by Gasteiger charge is -2.42. The Morgan fingerprint density at radius 1 is 1.16 bits per heavy atom. The van der Waals surface area contributed by atoms with Gasteiger partial charge in [0.1, 0.15) is 40.7 Å². The van der Waals surface area contributed by atoms with Crippen molar-refractivity contribution < 1.29 is 57.5 Å². The number of nitrogens with one attached hydrogen (secondary N) is 2. The highest BCUT2D eigenvalue weighted by atomic mass is 35.5. The van der Waals surface area contributed by atoms with Crippen molar-refractivity contribution in [1.82, 2.24) is 15.5 Å². The van der Waals surface area contributed by atoms with Crippen LogP contribution in [0.2, 0.25) is 5.02 Å². The second-order valence-electron chi connectivity index (χ2n) is 16.0. The fourth-order valence-electron chi connectivity index (χ4n) is 7.37. The Hall–Kier alpha value is -3.52. The maximum Gasteiger partial charge on any atom is 0.409 e. The van der Waals surface area contributed by atoms with E-state index >= 15 is 0 Å². The minimum absolute atomic E-state index is 0.0637. The van der Waals surface area contributed by atoms with Crippen LogP contribution in [0, 0.1) is 5.92 Å². The number of nitrogens with zero attached hydrogens (tertiary/aromatic N) is 2. The van der Waals surface area contributed by atoms with Crippen molar-refractivity contribution in [3.05, 3.63) is 46.5 Å². The molecule has 0 aromatic heterocycles. The molecule has 8 atom stereocenters. The summed E-state index contributed by atoms with van der Waals surface area (Å²) in [4.78, 5) is 69.1. The van der Waals surface area contributed by atoms with Crippen LogP contribution in [0.3, 0.4) is 0 Å². The predicted octanol–water partition coefficient (Wildman–Crippen LogP) is 5.22. The van der Waals surface area contributed by atoms with Gasteiger partial charge in [0, 0.05) is 71.0 Å². The quantitative estimate of drug-likeness (QED) is 0.0797. The summed E-state index contributed by atoms with van der Waals surface area (Å²) in [6.45, 7) is 10.6. The number of anilines is 1. The highest BCUT2D eigenvalue weighted by Crippen LogP contribution is 2.49. The number of hydrogen-bond donors (Lipinski definition) is 3. The highest BCUT2D eigenvalue weighted by Gasteiger charge is 2.64. The van der Waals surface area contributed by atoms with Crippen molar-refractivity contribution >= 4 is 68.7 Å². The summed E-state index contributed by atoms with van der Waals surface area (Å²) in [5, 5.41) is 17.3. The van der Waals surface area contributed by atoms with Crippen LogP contribution in [0.25, 0.3) is 0 Å². The number of amides is 4. The normalized spacial score (nSPS) is 28.3. The van der Waals surface area contributed by atoms with Crippen molar-refractivity contribution in [1.29, 1.82) is 0 Å². The van der Waals surface area contributed by atoms with Gasteiger partial charge in [0.25, 0.3) is 0 Å². The molecule has 2 fully saturated rings. The van der Waals surface area contributed by atoms with Crippen LogP contribution in [0.5, 0.6) is 5.75 Å². The van der Waals surface area contributed by atoms with Crippen LogP contribution in [0.1, 0.15) is 72.3 Å². The van der Waals surface area contributed by atoms with Crippen LogP contribution >= 0.6 is 33.2 Å². The Labute approximate surface area is 377 Å². The third-order valence-corrected chi connectivity index (χ3v) is 14.1. The number of carbonyl (C=O) groups is 5. The van der Waals surface area contributed by atoms with Crippen molar-refractivity contribution in [2.75, 3.05) is 64.5 Å². The van der Waals surface area contributed by atoms with Gasteiger partial charge in [0.2, 0.25) is 17.7 Å². The third kappa shape index (κ3) is 13.5. The maximum atomic E-state index is 14.2. The first-order valence-corrected chi connectivity index (χ1v) is 23.7. The number of benzene rings is 1. The van der Waals surface area contributed by atoms with E-state index in [4.69, 9.17) is 40.0 Å². The number of carbonyl (C=O) groups excluding carboxylic acids is 5.